The van der Waals surface area contributed by atoms with Crippen LogP contribution in [0.15, 0.2) is 78.9 Å². The molecule has 0 saturated carbocycles. The summed E-state index contributed by atoms with van der Waals surface area (Å²) in [7, 11) is 1.58. The van der Waals surface area contributed by atoms with Gasteiger partial charge in [0.2, 0.25) is 0 Å². The van der Waals surface area contributed by atoms with Crippen molar-refractivity contribution in [1.82, 2.24) is 0 Å². The zero-order valence-electron chi connectivity index (χ0n) is 16.0. The highest BCUT2D eigenvalue weighted by Crippen LogP contribution is 2.18. The van der Waals surface area contributed by atoms with Crippen molar-refractivity contribution in [3.05, 3.63) is 106 Å². The number of nitro benzene ring substituents is 1. The van der Waals surface area contributed by atoms with E-state index in [2.05, 4.69) is 0 Å². The molecule has 3 aromatic carbocycles. The van der Waals surface area contributed by atoms with Crippen molar-refractivity contribution in [3.8, 4) is 11.5 Å². The highest BCUT2D eigenvalue weighted by molar-refractivity contribution is 6.06. The Morgan fingerprint density at radius 2 is 1.40 bits per heavy atom. The minimum absolute atomic E-state index is 0.114. The van der Waals surface area contributed by atoms with E-state index in [1.807, 2.05) is 12.1 Å². The molecule has 7 heteroatoms. The Labute approximate surface area is 172 Å². The van der Waals surface area contributed by atoms with Gasteiger partial charge in [-0.15, -0.1) is 0 Å². The number of esters is 1. The number of ketones is 1. The molecule has 0 aliphatic carbocycles. The van der Waals surface area contributed by atoms with Gasteiger partial charge in [-0.2, -0.15) is 0 Å². The zero-order valence-corrected chi connectivity index (χ0v) is 16.0. The molecule has 0 aliphatic heterocycles. The van der Waals surface area contributed by atoms with E-state index in [9.17, 15) is 19.7 Å². The second-order valence-electron chi connectivity index (χ2n) is 6.19. The number of carbonyl (C=O) groups is 2. The van der Waals surface area contributed by atoms with E-state index in [4.69, 9.17) is 9.47 Å². The van der Waals surface area contributed by atoms with Crippen LogP contribution in [-0.4, -0.2) is 23.8 Å². The second-order valence-corrected chi connectivity index (χ2v) is 6.19. The van der Waals surface area contributed by atoms with E-state index in [1.54, 1.807) is 37.5 Å². The lowest BCUT2D eigenvalue weighted by atomic mass is 10.1. The van der Waals surface area contributed by atoms with Crippen LogP contribution in [0.1, 0.15) is 26.3 Å². The molecule has 0 radical (unpaired) electrons. The largest absolute Gasteiger partial charge is 0.497 e. The maximum absolute atomic E-state index is 12.3. The van der Waals surface area contributed by atoms with Gasteiger partial charge in [0.15, 0.2) is 5.78 Å². The van der Waals surface area contributed by atoms with Crippen molar-refractivity contribution in [2.45, 2.75) is 0 Å². The summed E-state index contributed by atoms with van der Waals surface area (Å²) >= 11 is 0. The molecule has 0 fully saturated rings. The lowest BCUT2D eigenvalue weighted by Crippen LogP contribution is -2.08. The lowest BCUT2D eigenvalue weighted by Gasteiger charge is -2.05. The first-order chi connectivity index (χ1) is 14.5. The number of nitrogens with zero attached hydrogens (tertiary/aromatic N) is 1. The summed E-state index contributed by atoms with van der Waals surface area (Å²) in [6.45, 7) is 0. The number of benzene rings is 3. The van der Waals surface area contributed by atoms with Crippen molar-refractivity contribution < 1.29 is 24.0 Å². The number of methoxy groups -OCH3 is 1. The zero-order chi connectivity index (χ0) is 21.5. The van der Waals surface area contributed by atoms with Crippen molar-refractivity contribution in [1.29, 1.82) is 0 Å². The van der Waals surface area contributed by atoms with E-state index < -0.39 is 10.9 Å². The van der Waals surface area contributed by atoms with Gasteiger partial charge in [-0.25, -0.2) is 4.79 Å². The van der Waals surface area contributed by atoms with Crippen LogP contribution in [0.25, 0.3) is 6.08 Å². The molecule has 0 aliphatic rings. The molecule has 0 unspecified atom stereocenters. The Bertz CT molecular complexity index is 1080. The van der Waals surface area contributed by atoms with Gasteiger partial charge in [-0.1, -0.05) is 18.2 Å². The van der Waals surface area contributed by atoms with Crippen LogP contribution >= 0.6 is 0 Å². The molecule has 0 heterocycles. The lowest BCUT2D eigenvalue weighted by molar-refractivity contribution is -0.384. The first-order valence-corrected chi connectivity index (χ1v) is 8.89. The molecule has 30 heavy (non-hydrogen) atoms. The summed E-state index contributed by atoms with van der Waals surface area (Å²) in [6.07, 6.45) is 3.16. The van der Waals surface area contributed by atoms with Gasteiger partial charge in [-0.3, -0.25) is 14.9 Å². The molecule has 3 rings (SSSR count). The topological polar surface area (TPSA) is 95.7 Å². The molecule has 0 saturated heterocycles. The molecule has 7 nitrogen and oxygen atoms in total. The van der Waals surface area contributed by atoms with E-state index in [1.165, 1.54) is 42.5 Å². The van der Waals surface area contributed by atoms with Gasteiger partial charge in [0.05, 0.1) is 17.6 Å². The van der Waals surface area contributed by atoms with Gasteiger partial charge in [0.25, 0.3) is 5.69 Å². The van der Waals surface area contributed by atoms with E-state index >= 15 is 0 Å². The molecule has 3 aromatic rings. The van der Waals surface area contributed by atoms with Crippen molar-refractivity contribution in [2.24, 2.45) is 0 Å². The van der Waals surface area contributed by atoms with Crippen LogP contribution < -0.4 is 9.47 Å². The molecular weight excluding hydrogens is 386 g/mol. The fraction of sp³-hybridized carbons (Fsp3) is 0.0435. The Kier molecular flexibility index (Phi) is 6.34. The minimum atomic E-state index is -0.650. The van der Waals surface area contributed by atoms with Crippen LogP contribution in [0.5, 0.6) is 11.5 Å². The third-order valence-electron chi connectivity index (χ3n) is 4.21. The van der Waals surface area contributed by atoms with Crippen LogP contribution in [0.4, 0.5) is 5.69 Å². The molecule has 0 amide bonds. The summed E-state index contributed by atoms with van der Waals surface area (Å²) in [5.74, 6) is 0.147. The Balaban J connectivity index is 1.62. The first-order valence-electron chi connectivity index (χ1n) is 8.89. The number of nitro groups is 1. The first kappa shape index (κ1) is 20.5. The summed E-state index contributed by atoms with van der Waals surface area (Å²) < 4.78 is 10.3. The maximum Gasteiger partial charge on any atom is 0.343 e. The predicted octanol–water partition coefficient (Wildman–Crippen LogP) is 4.72. The Morgan fingerprint density at radius 1 is 0.833 bits per heavy atom. The fourth-order valence-corrected chi connectivity index (χ4v) is 2.56. The second kappa shape index (κ2) is 9.29. The maximum atomic E-state index is 12.3. The van der Waals surface area contributed by atoms with E-state index in [0.29, 0.717) is 5.56 Å². The summed E-state index contributed by atoms with van der Waals surface area (Å²) in [6, 6.07) is 18.5. The monoisotopic (exact) mass is 403 g/mol. The summed E-state index contributed by atoms with van der Waals surface area (Å²) in [4.78, 5) is 34.6. The third kappa shape index (κ3) is 5.17. The van der Waals surface area contributed by atoms with Gasteiger partial charge >= 0.3 is 5.97 Å². The molecule has 0 aromatic heterocycles. The number of hydrogen-bond acceptors (Lipinski definition) is 6. The number of non-ortho nitro benzene ring substituents is 1. The smallest absolute Gasteiger partial charge is 0.343 e. The standard InChI is InChI=1S/C23H17NO6/c1-29-20-11-2-16(3-12-20)4-15-22(25)17-7-13-21(14-8-17)30-23(26)18-5-9-19(10-6-18)24(27)28/h2-15H,1H3. The molecule has 0 spiro atoms. The number of allylic oxidation sites excluding steroid dienone is 1. The minimum Gasteiger partial charge on any atom is -0.497 e. The van der Waals surface area contributed by atoms with E-state index in [0.717, 1.165) is 11.3 Å². The average molecular weight is 403 g/mol. The normalized spacial score (nSPS) is 10.6. The predicted molar refractivity (Wildman–Crippen MR) is 111 cm³/mol. The number of carbonyl (C=O) groups excluding carboxylic acids is 2. The Hall–Kier alpha value is -4.26. The highest BCUT2D eigenvalue weighted by atomic mass is 16.6. The van der Waals surface area contributed by atoms with Gasteiger partial charge < -0.3 is 9.47 Å². The third-order valence-corrected chi connectivity index (χ3v) is 4.21. The molecular formula is C23H17NO6. The molecule has 0 N–H and O–H groups in total. The van der Waals surface area contributed by atoms with Crippen LogP contribution in [0.3, 0.4) is 0 Å². The summed E-state index contributed by atoms with van der Waals surface area (Å²) in [5, 5.41) is 10.7. The fourth-order valence-electron chi connectivity index (χ4n) is 2.56. The van der Waals surface area contributed by atoms with Gasteiger partial charge in [-0.05, 0) is 60.2 Å². The van der Waals surface area contributed by atoms with Gasteiger partial charge in [0, 0.05) is 17.7 Å². The highest BCUT2D eigenvalue weighted by Gasteiger charge is 2.12. The molecule has 150 valence electrons. The van der Waals surface area contributed by atoms with Crippen molar-refractivity contribution >= 4 is 23.5 Å². The van der Waals surface area contributed by atoms with Crippen LogP contribution in [0.2, 0.25) is 0 Å². The Morgan fingerprint density at radius 3 is 1.97 bits per heavy atom. The number of rotatable bonds is 7. The van der Waals surface area contributed by atoms with Gasteiger partial charge in [0.1, 0.15) is 11.5 Å². The average Bonchev–Trinajstić information content (AvgIpc) is 2.78. The van der Waals surface area contributed by atoms with Crippen LogP contribution in [-0.2, 0) is 0 Å². The van der Waals surface area contributed by atoms with Crippen molar-refractivity contribution in [2.75, 3.05) is 7.11 Å². The quantitative estimate of drug-likeness (QED) is 0.141. The molecule has 0 atom stereocenters. The van der Waals surface area contributed by atoms with E-state index in [-0.39, 0.29) is 22.8 Å². The SMILES string of the molecule is COc1ccc(C=CC(=O)c2ccc(OC(=O)c3ccc([N+](=O)[O-])cc3)cc2)cc1. The van der Waals surface area contributed by atoms with Crippen LogP contribution in [0, 0.1) is 10.1 Å². The number of hydrogen-bond donors (Lipinski definition) is 0. The summed E-state index contributed by atoms with van der Waals surface area (Å²) in [5.41, 5.74) is 1.37. The van der Waals surface area contributed by atoms with Crippen molar-refractivity contribution in [3.63, 3.8) is 0 Å². The number of ether oxygens (including phenoxy) is 2. The molecule has 0 bridgehead atoms.